The Morgan fingerprint density at radius 2 is 1.77 bits per heavy atom. The first-order chi connectivity index (χ1) is 12.7. The first-order valence-electron chi connectivity index (χ1n) is 8.18. The van der Waals surface area contributed by atoms with Crippen LogP contribution in [0.15, 0.2) is 77.2 Å². The van der Waals surface area contributed by atoms with Crippen molar-refractivity contribution in [3.63, 3.8) is 0 Å². The second kappa shape index (κ2) is 7.29. The second-order valence-electron chi connectivity index (χ2n) is 5.92. The SMILES string of the molecule is O=C(Cc1ccccc1)Nc1ccc2oc(-c3ccc(I)cc3)nc2c1. The molecule has 128 valence electrons. The number of halogens is 1. The van der Waals surface area contributed by atoms with Gasteiger partial charge in [-0.15, -0.1) is 0 Å². The third-order valence-corrected chi connectivity index (χ3v) is 4.69. The lowest BCUT2D eigenvalue weighted by atomic mass is 10.1. The van der Waals surface area contributed by atoms with Gasteiger partial charge in [0.2, 0.25) is 11.8 Å². The molecular weight excluding hydrogens is 439 g/mol. The number of nitrogens with one attached hydrogen (secondary N) is 1. The molecule has 4 aromatic rings. The Morgan fingerprint density at radius 1 is 1.00 bits per heavy atom. The molecule has 0 aliphatic heterocycles. The first kappa shape index (κ1) is 16.8. The van der Waals surface area contributed by atoms with Gasteiger partial charge in [-0.1, -0.05) is 30.3 Å². The van der Waals surface area contributed by atoms with Gasteiger partial charge in [0.25, 0.3) is 0 Å². The molecule has 1 heterocycles. The van der Waals surface area contributed by atoms with E-state index in [1.54, 1.807) is 0 Å². The lowest BCUT2D eigenvalue weighted by Crippen LogP contribution is -2.14. The number of aromatic nitrogens is 1. The van der Waals surface area contributed by atoms with Gasteiger partial charge in [-0.2, -0.15) is 0 Å². The fraction of sp³-hybridized carbons (Fsp3) is 0.0476. The van der Waals surface area contributed by atoms with Crippen molar-refractivity contribution in [2.75, 3.05) is 5.32 Å². The number of rotatable bonds is 4. The minimum Gasteiger partial charge on any atom is -0.436 e. The molecule has 0 spiro atoms. The van der Waals surface area contributed by atoms with Crippen LogP contribution in [0.4, 0.5) is 5.69 Å². The quantitative estimate of drug-likeness (QED) is 0.427. The summed E-state index contributed by atoms with van der Waals surface area (Å²) in [6, 6.07) is 23.1. The standard InChI is InChI=1S/C21H15IN2O2/c22-16-8-6-15(7-9-16)21-24-18-13-17(10-11-19(18)26-21)23-20(25)12-14-4-2-1-3-5-14/h1-11,13H,12H2,(H,23,25). The molecule has 0 unspecified atom stereocenters. The second-order valence-corrected chi connectivity index (χ2v) is 7.16. The molecule has 1 amide bonds. The lowest BCUT2D eigenvalue weighted by molar-refractivity contribution is -0.115. The molecule has 0 saturated heterocycles. The molecule has 4 nitrogen and oxygen atoms in total. The van der Waals surface area contributed by atoms with Gasteiger partial charge >= 0.3 is 0 Å². The molecule has 0 atom stereocenters. The molecule has 0 bridgehead atoms. The topological polar surface area (TPSA) is 55.1 Å². The summed E-state index contributed by atoms with van der Waals surface area (Å²) in [6.07, 6.45) is 0.339. The van der Waals surface area contributed by atoms with Crippen molar-refractivity contribution in [3.8, 4) is 11.5 Å². The zero-order chi connectivity index (χ0) is 17.9. The maximum absolute atomic E-state index is 12.2. The molecule has 0 radical (unpaired) electrons. The van der Waals surface area contributed by atoms with Crippen LogP contribution in [0, 0.1) is 3.57 Å². The van der Waals surface area contributed by atoms with Gasteiger partial charge in [-0.25, -0.2) is 4.98 Å². The number of oxazole rings is 1. The van der Waals surface area contributed by atoms with E-state index in [1.807, 2.05) is 72.8 Å². The van der Waals surface area contributed by atoms with Crippen LogP contribution >= 0.6 is 22.6 Å². The number of anilines is 1. The summed E-state index contributed by atoms with van der Waals surface area (Å²) in [5.74, 6) is 0.515. The predicted molar refractivity (Wildman–Crippen MR) is 111 cm³/mol. The fourth-order valence-corrected chi connectivity index (χ4v) is 3.07. The van der Waals surface area contributed by atoms with E-state index in [9.17, 15) is 4.79 Å². The zero-order valence-corrected chi connectivity index (χ0v) is 15.9. The van der Waals surface area contributed by atoms with Crippen LogP contribution in [-0.4, -0.2) is 10.9 Å². The van der Waals surface area contributed by atoms with Gasteiger partial charge in [0, 0.05) is 14.8 Å². The highest BCUT2D eigenvalue weighted by Crippen LogP contribution is 2.26. The Balaban J connectivity index is 1.54. The number of hydrogen-bond acceptors (Lipinski definition) is 3. The lowest BCUT2D eigenvalue weighted by Gasteiger charge is -2.04. The molecule has 26 heavy (non-hydrogen) atoms. The number of hydrogen-bond donors (Lipinski definition) is 1. The normalized spacial score (nSPS) is 10.8. The zero-order valence-electron chi connectivity index (χ0n) is 13.8. The third kappa shape index (κ3) is 3.77. The largest absolute Gasteiger partial charge is 0.436 e. The molecule has 5 heteroatoms. The summed E-state index contributed by atoms with van der Waals surface area (Å²) in [4.78, 5) is 16.8. The summed E-state index contributed by atoms with van der Waals surface area (Å²) in [5, 5.41) is 2.92. The highest BCUT2D eigenvalue weighted by atomic mass is 127. The van der Waals surface area contributed by atoms with Crippen LogP contribution in [0.3, 0.4) is 0 Å². The summed E-state index contributed by atoms with van der Waals surface area (Å²) in [7, 11) is 0. The number of carbonyl (C=O) groups excluding carboxylic acids is 1. The van der Waals surface area contributed by atoms with E-state index in [2.05, 4.69) is 32.9 Å². The van der Waals surface area contributed by atoms with Crippen LogP contribution in [0.2, 0.25) is 0 Å². The molecule has 0 saturated carbocycles. The van der Waals surface area contributed by atoms with Crippen molar-refractivity contribution in [2.24, 2.45) is 0 Å². The van der Waals surface area contributed by atoms with Gasteiger partial charge in [-0.3, -0.25) is 4.79 Å². The van der Waals surface area contributed by atoms with Gasteiger partial charge < -0.3 is 9.73 Å². The molecule has 0 aliphatic rings. The molecule has 1 N–H and O–H groups in total. The van der Waals surface area contributed by atoms with E-state index in [0.717, 1.165) is 20.2 Å². The molecule has 3 aromatic carbocycles. The average molecular weight is 454 g/mol. The van der Waals surface area contributed by atoms with Crippen molar-refractivity contribution in [3.05, 3.63) is 81.9 Å². The number of nitrogens with zero attached hydrogens (tertiary/aromatic N) is 1. The summed E-state index contributed by atoms with van der Waals surface area (Å²) in [5.41, 5.74) is 4.03. The highest BCUT2D eigenvalue weighted by Gasteiger charge is 2.10. The molecule has 0 aliphatic carbocycles. The smallest absolute Gasteiger partial charge is 0.228 e. The van der Waals surface area contributed by atoms with Crippen molar-refractivity contribution in [1.29, 1.82) is 0 Å². The van der Waals surface area contributed by atoms with E-state index in [4.69, 9.17) is 4.42 Å². The Hall–Kier alpha value is -2.67. The van der Waals surface area contributed by atoms with Crippen LogP contribution in [0.1, 0.15) is 5.56 Å². The fourth-order valence-electron chi connectivity index (χ4n) is 2.71. The van der Waals surface area contributed by atoms with Gasteiger partial charge in [0.05, 0.1) is 6.42 Å². The summed E-state index contributed by atoms with van der Waals surface area (Å²) >= 11 is 2.26. The van der Waals surface area contributed by atoms with Gasteiger partial charge in [0.15, 0.2) is 5.58 Å². The van der Waals surface area contributed by atoms with Crippen molar-refractivity contribution in [2.45, 2.75) is 6.42 Å². The van der Waals surface area contributed by atoms with Gasteiger partial charge in [-0.05, 0) is 70.6 Å². The minimum atomic E-state index is -0.0584. The summed E-state index contributed by atoms with van der Waals surface area (Å²) < 4.78 is 6.98. The van der Waals surface area contributed by atoms with Crippen LogP contribution < -0.4 is 5.32 Å². The molecule has 1 aromatic heterocycles. The van der Waals surface area contributed by atoms with E-state index in [-0.39, 0.29) is 5.91 Å². The van der Waals surface area contributed by atoms with Crippen LogP contribution in [0.5, 0.6) is 0 Å². The Labute approximate surface area is 164 Å². The molecule has 4 rings (SSSR count). The first-order valence-corrected chi connectivity index (χ1v) is 9.25. The van der Waals surface area contributed by atoms with E-state index in [0.29, 0.717) is 23.6 Å². The van der Waals surface area contributed by atoms with Crippen molar-refractivity contribution >= 4 is 45.3 Å². The van der Waals surface area contributed by atoms with Crippen molar-refractivity contribution < 1.29 is 9.21 Å². The van der Waals surface area contributed by atoms with E-state index in [1.165, 1.54) is 0 Å². The summed E-state index contributed by atoms with van der Waals surface area (Å²) in [6.45, 7) is 0. The highest BCUT2D eigenvalue weighted by molar-refractivity contribution is 14.1. The monoisotopic (exact) mass is 454 g/mol. The van der Waals surface area contributed by atoms with Crippen LogP contribution in [0.25, 0.3) is 22.6 Å². The molecule has 0 fully saturated rings. The average Bonchev–Trinajstić information content (AvgIpc) is 3.06. The number of fused-ring (bicyclic) bond motifs is 1. The maximum atomic E-state index is 12.2. The number of benzene rings is 3. The Morgan fingerprint density at radius 3 is 2.54 bits per heavy atom. The number of carbonyl (C=O) groups is 1. The van der Waals surface area contributed by atoms with Gasteiger partial charge in [0.1, 0.15) is 5.52 Å². The van der Waals surface area contributed by atoms with E-state index >= 15 is 0 Å². The minimum absolute atomic E-state index is 0.0584. The van der Waals surface area contributed by atoms with Crippen LogP contribution in [-0.2, 0) is 11.2 Å². The van der Waals surface area contributed by atoms with E-state index < -0.39 is 0 Å². The third-order valence-electron chi connectivity index (χ3n) is 3.97. The predicted octanol–water partition coefficient (Wildman–Crippen LogP) is 5.28. The molecular formula is C21H15IN2O2. The number of amides is 1. The maximum Gasteiger partial charge on any atom is 0.228 e. The van der Waals surface area contributed by atoms with Crippen molar-refractivity contribution in [1.82, 2.24) is 4.98 Å². The Kier molecular flexibility index (Phi) is 4.71. The Bertz CT molecular complexity index is 1060.